The lowest BCUT2D eigenvalue weighted by Crippen LogP contribution is -2.49. The number of nitrogens with zero attached hydrogens (tertiary/aromatic N) is 2. The van der Waals surface area contributed by atoms with Crippen molar-refractivity contribution < 1.29 is 9.53 Å². The van der Waals surface area contributed by atoms with Gasteiger partial charge in [0.2, 0.25) is 0 Å². The summed E-state index contributed by atoms with van der Waals surface area (Å²) in [4.78, 5) is 17.5. The average Bonchev–Trinajstić information content (AvgIpc) is 2.76. The Morgan fingerprint density at radius 2 is 1.77 bits per heavy atom. The average molecular weight is 430 g/mol. The van der Waals surface area contributed by atoms with Gasteiger partial charge in [0.05, 0.1) is 18.3 Å². The molecule has 1 aliphatic rings. The first kappa shape index (κ1) is 22.6. The summed E-state index contributed by atoms with van der Waals surface area (Å²) >= 11 is 5.96. The van der Waals surface area contributed by atoms with Crippen LogP contribution < -0.4 is 5.32 Å². The van der Waals surface area contributed by atoms with E-state index in [1.807, 2.05) is 55.1 Å². The van der Waals surface area contributed by atoms with Gasteiger partial charge >= 0.3 is 0 Å². The van der Waals surface area contributed by atoms with Gasteiger partial charge in [-0.05, 0) is 50.1 Å². The third-order valence-corrected chi connectivity index (χ3v) is 5.57. The molecule has 2 aromatic rings. The first-order valence-electron chi connectivity index (χ1n) is 10.7. The van der Waals surface area contributed by atoms with Crippen LogP contribution in [0.25, 0.3) is 0 Å². The molecular formula is C24H32ClN3O2. The van der Waals surface area contributed by atoms with E-state index in [1.54, 1.807) is 0 Å². The number of amides is 1. The minimum absolute atomic E-state index is 0.0974. The van der Waals surface area contributed by atoms with Gasteiger partial charge in [-0.25, -0.2) is 0 Å². The molecule has 0 spiro atoms. The van der Waals surface area contributed by atoms with Crippen LogP contribution in [0.1, 0.15) is 29.8 Å². The molecule has 3 rings (SSSR count). The fourth-order valence-corrected chi connectivity index (χ4v) is 3.71. The summed E-state index contributed by atoms with van der Waals surface area (Å²) in [5, 5.41) is 4.12. The van der Waals surface area contributed by atoms with E-state index in [1.165, 1.54) is 5.56 Å². The van der Waals surface area contributed by atoms with E-state index in [2.05, 4.69) is 22.3 Å². The number of hydrogen-bond acceptors (Lipinski definition) is 4. The highest BCUT2D eigenvalue weighted by Crippen LogP contribution is 2.18. The minimum atomic E-state index is 0.0974. The van der Waals surface area contributed by atoms with Crippen molar-refractivity contribution in [2.75, 3.05) is 51.2 Å². The standard InChI is InChI=1S/C24H32ClN3O2/c1-19(2)30-18-12-26-23-6-4-3-5-22(23)24(29)28-16-14-27(15-17-28)13-11-20-7-9-21(25)10-8-20/h3-10,19,26H,11-18H2,1-2H3. The SMILES string of the molecule is CC(C)OCCNc1ccccc1C(=O)N1CCN(CCc2ccc(Cl)cc2)CC1. The van der Waals surface area contributed by atoms with E-state index >= 15 is 0 Å². The molecule has 0 unspecified atom stereocenters. The van der Waals surface area contributed by atoms with E-state index in [9.17, 15) is 4.79 Å². The summed E-state index contributed by atoms with van der Waals surface area (Å²) in [6.07, 6.45) is 1.20. The van der Waals surface area contributed by atoms with Crippen molar-refractivity contribution in [3.63, 3.8) is 0 Å². The van der Waals surface area contributed by atoms with Crippen molar-refractivity contribution in [2.45, 2.75) is 26.4 Å². The van der Waals surface area contributed by atoms with Crippen LogP contribution in [0.2, 0.25) is 5.02 Å². The van der Waals surface area contributed by atoms with Crippen LogP contribution in [0, 0.1) is 0 Å². The van der Waals surface area contributed by atoms with Crippen molar-refractivity contribution in [1.82, 2.24) is 9.80 Å². The van der Waals surface area contributed by atoms with Crippen molar-refractivity contribution >= 4 is 23.2 Å². The number of carbonyl (C=O) groups excluding carboxylic acids is 1. The highest BCUT2D eigenvalue weighted by atomic mass is 35.5. The normalized spacial score (nSPS) is 14.9. The predicted molar refractivity (Wildman–Crippen MR) is 124 cm³/mol. The third-order valence-electron chi connectivity index (χ3n) is 5.32. The molecule has 0 saturated carbocycles. The molecule has 5 nitrogen and oxygen atoms in total. The highest BCUT2D eigenvalue weighted by molar-refractivity contribution is 6.30. The molecule has 0 radical (unpaired) electrons. The van der Waals surface area contributed by atoms with Crippen LogP contribution >= 0.6 is 11.6 Å². The topological polar surface area (TPSA) is 44.8 Å². The van der Waals surface area contributed by atoms with Gasteiger partial charge in [-0.15, -0.1) is 0 Å². The summed E-state index contributed by atoms with van der Waals surface area (Å²) in [6.45, 7) is 9.65. The Morgan fingerprint density at radius 1 is 1.07 bits per heavy atom. The van der Waals surface area contributed by atoms with Gasteiger partial charge in [-0.2, -0.15) is 0 Å². The summed E-state index contributed by atoms with van der Waals surface area (Å²) in [7, 11) is 0. The molecule has 1 aliphatic heterocycles. The molecule has 2 aromatic carbocycles. The molecule has 0 aromatic heterocycles. The number of halogens is 1. The maximum absolute atomic E-state index is 13.1. The van der Waals surface area contributed by atoms with Crippen LogP contribution in [0.15, 0.2) is 48.5 Å². The first-order valence-corrected chi connectivity index (χ1v) is 11.1. The van der Waals surface area contributed by atoms with E-state index in [-0.39, 0.29) is 12.0 Å². The van der Waals surface area contributed by atoms with Gasteiger partial charge in [0.1, 0.15) is 0 Å². The maximum atomic E-state index is 13.1. The van der Waals surface area contributed by atoms with E-state index in [0.717, 1.165) is 55.4 Å². The number of piperazine rings is 1. The quantitative estimate of drug-likeness (QED) is 0.607. The lowest BCUT2D eigenvalue weighted by Gasteiger charge is -2.35. The number of nitrogens with one attached hydrogen (secondary N) is 1. The van der Waals surface area contributed by atoms with Gasteiger partial charge in [-0.1, -0.05) is 35.9 Å². The van der Waals surface area contributed by atoms with Crippen molar-refractivity contribution in [3.8, 4) is 0 Å². The Labute approximate surface area is 185 Å². The number of anilines is 1. The fourth-order valence-electron chi connectivity index (χ4n) is 3.59. The molecule has 1 heterocycles. The van der Waals surface area contributed by atoms with Crippen molar-refractivity contribution in [2.24, 2.45) is 0 Å². The molecule has 0 aliphatic carbocycles. The number of para-hydroxylation sites is 1. The molecule has 30 heavy (non-hydrogen) atoms. The van der Waals surface area contributed by atoms with Gasteiger partial charge in [-0.3, -0.25) is 9.69 Å². The zero-order chi connectivity index (χ0) is 21.3. The van der Waals surface area contributed by atoms with Crippen molar-refractivity contribution in [3.05, 3.63) is 64.7 Å². The highest BCUT2D eigenvalue weighted by Gasteiger charge is 2.23. The lowest BCUT2D eigenvalue weighted by atomic mass is 10.1. The summed E-state index contributed by atoms with van der Waals surface area (Å²) in [5.41, 5.74) is 2.90. The summed E-state index contributed by atoms with van der Waals surface area (Å²) < 4.78 is 5.58. The lowest BCUT2D eigenvalue weighted by molar-refractivity contribution is 0.0639. The molecule has 1 saturated heterocycles. The molecule has 0 atom stereocenters. The number of benzene rings is 2. The molecule has 1 fully saturated rings. The molecule has 1 N–H and O–H groups in total. The van der Waals surface area contributed by atoms with Crippen LogP contribution in [0.5, 0.6) is 0 Å². The van der Waals surface area contributed by atoms with Crippen LogP contribution in [-0.2, 0) is 11.2 Å². The first-order chi connectivity index (χ1) is 14.5. The molecule has 1 amide bonds. The Kier molecular flexibility index (Phi) is 8.55. The van der Waals surface area contributed by atoms with E-state index < -0.39 is 0 Å². The Bertz CT molecular complexity index is 802. The monoisotopic (exact) mass is 429 g/mol. The van der Waals surface area contributed by atoms with Gasteiger partial charge < -0.3 is 15.0 Å². The smallest absolute Gasteiger partial charge is 0.256 e. The Morgan fingerprint density at radius 3 is 2.47 bits per heavy atom. The maximum Gasteiger partial charge on any atom is 0.256 e. The Balaban J connectivity index is 1.48. The summed E-state index contributed by atoms with van der Waals surface area (Å²) in [6, 6.07) is 15.8. The molecule has 162 valence electrons. The van der Waals surface area contributed by atoms with Gasteiger partial charge in [0.15, 0.2) is 0 Å². The molecule has 0 bridgehead atoms. The zero-order valence-electron chi connectivity index (χ0n) is 17.9. The largest absolute Gasteiger partial charge is 0.382 e. The minimum Gasteiger partial charge on any atom is -0.382 e. The summed E-state index contributed by atoms with van der Waals surface area (Å²) in [5.74, 6) is 0.0974. The van der Waals surface area contributed by atoms with Crippen LogP contribution in [-0.4, -0.2) is 67.7 Å². The van der Waals surface area contributed by atoms with E-state index in [4.69, 9.17) is 16.3 Å². The number of carbonyl (C=O) groups is 1. The number of hydrogen-bond donors (Lipinski definition) is 1. The fraction of sp³-hybridized carbons (Fsp3) is 0.458. The van der Waals surface area contributed by atoms with Crippen molar-refractivity contribution in [1.29, 1.82) is 0 Å². The predicted octanol–water partition coefficient (Wildman–Crippen LogP) is 4.18. The van der Waals surface area contributed by atoms with Crippen LogP contribution in [0.3, 0.4) is 0 Å². The Hall–Kier alpha value is -2.08. The number of rotatable bonds is 9. The second-order valence-corrected chi connectivity index (χ2v) is 8.34. The third kappa shape index (κ3) is 6.73. The van der Waals surface area contributed by atoms with Crippen LogP contribution in [0.4, 0.5) is 5.69 Å². The van der Waals surface area contributed by atoms with E-state index in [0.29, 0.717) is 13.2 Å². The molecular weight excluding hydrogens is 398 g/mol. The van der Waals surface area contributed by atoms with Gasteiger partial charge in [0, 0.05) is 50.0 Å². The second kappa shape index (κ2) is 11.3. The number of ether oxygens (including phenoxy) is 1. The zero-order valence-corrected chi connectivity index (χ0v) is 18.7. The molecule has 6 heteroatoms. The second-order valence-electron chi connectivity index (χ2n) is 7.90. The van der Waals surface area contributed by atoms with Gasteiger partial charge in [0.25, 0.3) is 5.91 Å².